The molecule has 0 radical (unpaired) electrons. The van der Waals surface area contributed by atoms with E-state index in [0.717, 1.165) is 16.1 Å². The molecule has 1 atom stereocenters. The summed E-state index contributed by atoms with van der Waals surface area (Å²) < 4.78 is 52.7. The third-order valence-corrected chi connectivity index (χ3v) is 5.73. The number of nitrogens with one attached hydrogen (secondary N) is 1. The Morgan fingerprint density at radius 1 is 1.32 bits per heavy atom. The molecule has 3 rings (SSSR count). The van der Waals surface area contributed by atoms with Crippen molar-refractivity contribution < 1.29 is 32.0 Å². The van der Waals surface area contributed by atoms with E-state index in [1.54, 1.807) is 37.7 Å². The van der Waals surface area contributed by atoms with E-state index in [1.165, 1.54) is 11.3 Å². The van der Waals surface area contributed by atoms with E-state index >= 15 is 0 Å². The number of carbonyl (C=O) groups is 1. The van der Waals surface area contributed by atoms with Gasteiger partial charge in [0.25, 0.3) is 0 Å². The van der Waals surface area contributed by atoms with Crippen molar-refractivity contribution in [2.45, 2.75) is 18.0 Å². The first-order chi connectivity index (χ1) is 14.5. The Kier molecular flexibility index (Phi) is 7.94. The second kappa shape index (κ2) is 10.2. The molecule has 1 unspecified atom stereocenters. The zero-order valence-corrected chi connectivity index (χ0v) is 17.8. The molecule has 4 N–H and O–H groups in total. The summed E-state index contributed by atoms with van der Waals surface area (Å²) in [6, 6.07) is 9.11. The van der Waals surface area contributed by atoms with Crippen LogP contribution in [0.25, 0.3) is 10.4 Å². The smallest absolute Gasteiger partial charge is 0.490 e. The Hall–Kier alpha value is -3.19. The molecular weight excluding hydrogens is 457 g/mol. The number of nitrogens with two attached hydrogens (primary N) is 1. The van der Waals surface area contributed by atoms with Crippen LogP contribution in [-0.4, -0.2) is 38.5 Å². The predicted octanol–water partition coefficient (Wildman–Crippen LogP) is 3.87. The molecule has 0 spiro atoms. The van der Waals surface area contributed by atoms with Crippen LogP contribution in [0.4, 0.5) is 24.0 Å². The van der Waals surface area contributed by atoms with Gasteiger partial charge in [-0.2, -0.15) is 13.2 Å². The topological polar surface area (TPSA) is 127 Å². The average Bonchev–Trinajstić information content (AvgIpc) is 3.06. The summed E-state index contributed by atoms with van der Waals surface area (Å²) in [5.41, 5.74) is 8.19. The van der Waals surface area contributed by atoms with E-state index in [1.807, 2.05) is 19.1 Å². The van der Waals surface area contributed by atoms with Crippen molar-refractivity contribution in [1.29, 1.82) is 0 Å². The van der Waals surface area contributed by atoms with Crippen LogP contribution in [0.15, 0.2) is 47.6 Å². The molecule has 2 aromatic heterocycles. The monoisotopic (exact) mass is 474 g/mol. The number of carboxylic acid groups (broad SMARTS) is 1. The normalized spacial score (nSPS) is 11.8. The fourth-order valence-corrected chi connectivity index (χ4v) is 4.08. The Balaban J connectivity index is 0.000000423. The minimum atomic E-state index is -5.08. The minimum absolute atomic E-state index is 0.509. The average molecular weight is 474 g/mol. The number of halogens is 3. The Morgan fingerprint density at radius 3 is 2.48 bits per heavy atom. The third-order valence-electron chi connectivity index (χ3n) is 3.55. The molecule has 0 aliphatic carbocycles. The summed E-state index contributed by atoms with van der Waals surface area (Å²) in [6.07, 6.45) is -1.81. The number of methoxy groups -OCH3 is 1. The number of nitrogen functional groups attached to an aromatic ring is 1. The lowest BCUT2D eigenvalue weighted by Crippen LogP contribution is -2.21. The van der Waals surface area contributed by atoms with Gasteiger partial charge in [0.2, 0.25) is 0 Å². The molecule has 0 saturated heterocycles. The number of hydrogen-bond acceptors (Lipinski definition) is 7. The molecule has 1 aromatic carbocycles. The van der Waals surface area contributed by atoms with E-state index in [2.05, 4.69) is 14.7 Å². The molecule has 0 aliphatic rings. The summed E-state index contributed by atoms with van der Waals surface area (Å²) in [6.45, 7) is 1.90. The highest BCUT2D eigenvalue weighted by Gasteiger charge is 2.38. The summed E-state index contributed by atoms with van der Waals surface area (Å²) in [4.78, 5) is 18.6. The third kappa shape index (κ3) is 6.65. The molecule has 31 heavy (non-hydrogen) atoms. The SMILES string of the molecule is COc1ccc(-c2sc(N)nc2C)cc1S(=O)Nc1cccnc1.O=C(O)C(F)(F)F. The van der Waals surface area contributed by atoms with Gasteiger partial charge in [-0.1, -0.05) is 11.3 Å². The van der Waals surface area contributed by atoms with Gasteiger partial charge in [0.15, 0.2) is 16.1 Å². The van der Waals surface area contributed by atoms with Crippen molar-refractivity contribution in [1.82, 2.24) is 9.97 Å². The Bertz CT molecular complexity index is 1080. The maximum atomic E-state index is 12.7. The van der Waals surface area contributed by atoms with Crippen molar-refractivity contribution in [3.63, 3.8) is 0 Å². The fourth-order valence-electron chi connectivity index (χ4n) is 2.23. The molecule has 8 nitrogen and oxygen atoms in total. The van der Waals surface area contributed by atoms with Crippen LogP contribution in [0.5, 0.6) is 5.75 Å². The number of alkyl halides is 3. The predicted molar refractivity (Wildman–Crippen MR) is 111 cm³/mol. The summed E-state index contributed by atoms with van der Waals surface area (Å²) in [7, 11) is 0.0596. The maximum Gasteiger partial charge on any atom is 0.490 e. The fraction of sp³-hybridized carbons (Fsp3) is 0.167. The lowest BCUT2D eigenvalue weighted by atomic mass is 10.1. The molecule has 0 bridgehead atoms. The number of benzene rings is 1. The Labute approximate surface area is 181 Å². The zero-order valence-electron chi connectivity index (χ0n) is 16.1. The van der Waals surface area contributed by atoms with Gasteiger partial charge >= 0.3 is 12.1 Å². The van der Waals surface area contributed by atoms with Gasteiger partial charge in [0, 0.05) is 6.20 Å². The zero-order chi connectivity index (χ0) is 23.2. The van der Waals surface area contributed by atoms with Crippen LogP contribution in [0.3, 0.4) is 0 Å². The first-order valence-corrected chi connectivity index (χ1v) is 10.3. The van der Waals surface area contributed by atoms with Crippen molar-refractivity contribution in [2.24, 2.45) is 0 Å². The number of aromatic nitrogens is 2. The van der Waals surface area contributed by atoms with E-state index in [-0.39, 0.29) is 0 Å². The maximum absolute atomic E-state index is 12.7. The van der Waals surface area contributed by atoms with Gasteiger partial charge < -0.3 is 15.6 Å². The molecule has 2 heterocycles. The van der Waals surface area contributed by atoms with Crippen molar-refractivity contribution in [3.8, 4) is 16.2 Å². The molecule has 0 amide bonds. The Morgan fingerprint density at radius 2 is 2.00 bits per heavy atom. The first-order valence-electron chi connectivity index (χ1n) is 8.32. The molecule has 166 valence electrons. The molecule has 3 aromatic rings. The van der Waals surface area contributed by atoms with Crippen LogP contribution in [0, 0.1) is 6.92 Å². The van der Waals surface area contributed by atoms with Gasteiger partial charge in [-0.25, -0.2) is 14.0 Å². The van der Waals surface area contributed by atoms with E-state index in [9.17, 15) is 17.4 Å². The number of rotatable bonds is 5. The lowest BCUT2D eigenvalue weighted by molar-refractivity contribution is -0.192. The number of pyridine rings is 1. The van der Waals surface area contributed by atoms with E-state index < -0.39 is 23.1 Å². The molecule has 0 aliphatic heterocycles. The number of nitrogens with zero attached hydrogens (tertiary/aromatic N) is 2. The highest BCUT2D eigenvalue weighted by molar-refractivity contribution is 7.86. The molecule has 13 heteroatoms. The standard InChI is InChI=1S/C16H16N4O2S2.C2HF3O2/c1-10-15(23-16(17)19-10)11-5-6-13(22-2)14(8-11)24(21)20-12-4-3-7-18-9-12;3-2(4,5)1(6)7/h3-9,20H,1-2H3,(H2,17,19);(H,6,7). The summed E-state index contributed by atoms with van der Waals surface area (Å²) in [5, 5.41) is 7.63. The molecule has 0 fully saturated rings. The summed E-state index contributed by atoms with van der Waals surface area (Å²) >= 11 is 1.40. The minimum Gasteiger partial charge on any atom is -0.495 e. The number of carboxylic acids is 1. The first kappa shape index (κ1) is 24.1. The van der Waals surface area contributed by atoms with Gasteiger partial charge in [-0.3, -0.25) is 9.71 Å². The van der Waals surface area contributed by atoms with Crippen LogP contribution in [0.1, 0.15) is 5.69 Å². The number of ether oxygens (including phenoxy) is 1. The highest BCUT2D eigenvalue weighted by Crippen LogP contribution is 2.35. The molecule has 0 saturated carbocycles. The number of thiazole rings is 1. The summed E-state index contributed by atoms with van der Waals surface area (Å²) in [5.74, 6) is -2.21. The number of aryl methyl sites for hydroxylation is 1. The van der Waals surface area contributed by atoms with Crippen molar-refractivity contribution in [2.75, 3.05) is 17.6 Å². The van der Waals surface area contributed by atoms with Crippen LogP contribution >= 0.6 is 11.3 Å². The van der Waals surface area contributed by atoms with Crippen LogP contribution in [0.2, 0.25) is 0 Å². The number of anilines is 2. The largest absolute Gasteiger partial charge is 0.495 e. The molecular formula is C18H17F3N4O4S2. The van der Waals surface area contributed by atoms with E-state index in [4.69, 9.17) is 20.4 Å². The second-order valence-electron chi connectivity index (χ2n) is 5.75. The van der Waals surface area contributed by atoms with E-state index in [0.29, 0.717) is 21.5 Å². The van der Waals surface area contributed by atoms with Gasteiger partial charge in [0.05, 0.1) is 29.6 Å². The van der Waals surface area contributed by atoms with Gasteiger partial charge in [-0.15, -0.1) is 0 Å². The van der Waals surface area contributed by atoms with Crippen LogP contribution < -0.4 is 15.2 Å². The second-order valence-corrected chi connectivity index (χ2v) is 7.96. The quantitative estimate of drug-likeness (QED) is 0.512. The van der Waals surface area contributed by atoms with Crippen molar-refractivity contribution in [3.05, 3.63) is 48.4 Å². The van der Waals surface area contributed by atoms with Crippen molar-refractivity contribution >= 4 is 39.1 Å². The van der Waals surface area contributed by atoms with Gasteiger partial charge in [0.1, 0.15) is 10.6 Å². The number of aliphatic carboxylic acids is 1. The number of hydrogen-bond donors (Lipinski definition) is 3. The highest BCUT2D eigenvalue weighted by atomic mass is 32.2. The van der Waals surface area contributed by atoms with Gasteiger partial charge in [-0.05, 0) is 42.8 Å². The lowest BCUT2D eigenvalue weighted by Gasteiger charge is -2.11. The van der Waals surface area contributed by atoms with Crippen LogP contribution in [-0.2, 0) is 15.8 Å².